The van der Waals surface area contributed by atoms with Crippen LogP contribution in [-0.2, 0) is 5.41 Å². The average Bonchev–Trinajstić information content (AvgIpc) is 2.46. The fraction of sp³-hybridized carbons (Fsp3) is 0.455. The summed E-state index contributed by atoms with van der Waals surface area (Å²) in [4.78, 5) is 3.09. The van der Waals surface area contributed by atoms with Gasteiger partial charge in [0.15, 0.2) is 5.65 Å². The summed E-state index contributed by atoms with van der Waals surface area (Å²) in [6, 6.07) is 2.12. The molecule has 0 unspecified atom stereocenters. The van der Waals surface area contributed by atoms with Crippen LogP contribution in [0.2, 0.25) is 0 Å². The van der Waals surface area contributed by atoms with Gasteiger partial charge in [0.25, 0.3) is 0 Å². The van der Waals surface area contributed by atoms with Crippen LogP contribution in [0.4, 0.5) is 0 Å². The lowest BCUT2D eigenvalue weighted by molar-refractivity contribution is 0.561. The average molecular weight is 189 g/mol. The first-order valence-electron chi connectivity index (χ1n) is 4.80. The molecule has 0 spiro atoms. The maximum Gasteiger partial charge on any atom is 0.160 e. The zero-order valence-electron chi connectivity index (χ0n) is 9.05. The molecule has 14 heavy (non-hydrogen) atoms. The van der Waals surface area contributed by atoms with E-state index in [0.29, 0.717) is 0 Å². The maximum absolute atomic E-state index is 4.21. The van der Waals surface area contributed by atoms with Gasteiger partial charge in [-0.1, -0.05) is 20.8 Å². The van der Waals surface area contributed by atoms with Crippen molar-refractivity contribution in [3.63, 3.8) is 0 Å². The number of rotatable bonds is 0. The third-order valence-electron chi connectivity index (χ3n) is 2.41. The van der Waals surface area contributed by atoms with Crippen molar-refractivity contribution >= 4 is 11.0 Å². The standard InChI is InChI=1S/C11H15N3/c1-7-6-12-10-8(7)5-9(13-14-10)11(2,3)4/h5-6H,1-4H3,(H,12,14). The van der Waals surface area contributed by atoms with Gasteiger partial charge >= 0.3 is 0 Å². The van der Waals surface area contributed by atoms with Crippen LogP contribution in [-0.4, -0.2) is 15.2 Å². The van der Waals surface area contributed by atoms with Crippen molar-refractivity contribution in [2.75, 3.05) is 0 Å². The number of aromatic nitrogens is 3. The van der Waals surface area contributed by atoms with Crippen molar-refractivity contribution in [3.8, 4) is 0 Å². The van der Waals surface area contributed by atoms with E-state index < -0.39 is 0 Å². The summed E-state index contributed by atoms with van der Waals surface area (Å²) in [5.41, 5.74) is 3.19. The Bertz CT molecular complexity index is 463. The third kappa shape index (κ3) is 1.39. The van der Waals surface area contributed by atoms with Crippen molar-refractivity contribution in [1.82, 2.24) is 15.2 Å². The predicted octanol–water partition coefficient (Wildman–Crippen LogP) is 2.56. The van der Waals surface area contributed by atoms with Crippen LogP contribution in [0.15, 0.2) is 12.3 Å². The molecule has 0 amide bonds. The van der Waals surface area contributed by atoms with Gasteiger partial charge in [-0.2, -0.15) is 5.10 Å². The number of hydrogen-bond donors (Lipinski definition) is 1. The molecule has 0 aliphatic carbocycles. The van der Waals surface area contributed by atoms with Crippen LogP contribution in [0, 0.1) is 6.92 Å². The first-order chi connectivity index (χ1) is 6.48. The summed E-state index contributed by atoms with van der Waals surface area (Å²) in [5.74, 6) is 0. The van der Waals surface area contributed by atoms with Crippen LogP contribution in [0.5, 0.6) is 0 Å². The fourth-order valence-electron chi connectivity index (χ4n) is 1.42. The lowest BCUT2D eigenvalue weighted by Gasteiger charge is -2.16. The fourth-order valence-corrected chi connectivity index (χ4v) is 1.42. The van der Waals surface area contributed by atoms with E-state index in [4.69, 9.17) is 0 Å². The van der Waals surface area contributed by atoms with Crippen molar-refractivity contribution in [2.24, 2.45) is 0 Å². The Balaban J connectivity index is 2.66. The monoisotopic (exact) mass is 189 g/mol. The summed E-state index contributed by atoms with van der Waals surface area (Å²) in [6.45, 7) is 8.51. The Morgan fingerprint density at radius 1 is 1.21 bits per heavy atom. The Hall–Kier alpha value is -1.38. The van der Waals surface area contributed by atoms with Crippen LogP contribution < -0.4 is 0 Å². The zero-order valence-corrected chi connectivity index (χ0v) is 9.05. The van der Waals surface area contributed by atoms with Gasteiger partial charge in [0.2, 0.25) is 0 Å². The normalized spacial score (nSPS) is 12.3. The van der Waals surface area contributed by atoms with Gasteiger partial charge in [-0.15, -0.1) is 5.10 Å². The SMILES string of the molecule is Cc1c[nH]c2nnc(C(C)(C)C)cc12. The van der Waals surface area contributed by atoms with E-state index in [0.717, 1.165) is 11.3 Å². The van der Waals surface area contributed by atoms with Gasteiger partial charge in [0, 0.05) is 17.0 Å². The highest BCUT2D eigenvalue weighted by molar-refractivity contribution is 5.79. The molecule has 2 aromatic rings. The number of nitrogens with zero attached hydrogens (tertiary/aromatic N) is 2. The molecule has 2 heterocycles. The predicted molar refractivity (Wildman–Crippen MR) is 57.3 cm³/mol. The number of hydrogen-bond acceptors (Lipinski definition) is 2. The molecule has 0 atom stereocenters. The number of fused-ring (bicyclic) bond motifs is 1. The van der Waals surface area contributed by atoms with Crippen molar-refractivity contribution < 1.29 is 0 Å². The second-order valence-electron chi connectivity index (χ2n) is 4.71. The molecule has 0 bridgehead atoms. The summed E-state index contributed by atoms with van der Waals surface area (Å²) < 4.78 is 0. The number of aromatic amines is 1. The van der Waals surface area contributed by atoms with Crippen molar-refractivity contribution in [2.45, 2.75) is 33.1 Å². The number of H-pyrrole nitrogens is 1. The van der Waals surface area contributed by atoms with Crippen LogP contribution in [0.25, 0.3) is 11.0 Å². The first-order valence-corrected chi connectivity index (χ1v) is 4.80. The Labute approximate surface area is 83.6 Å². The second-order valence-corrected chi connectivity index (χ2v) is 4.71. The molecule has 74 valence electrons. The van der Waals surface area contributed by atoms with Gasteiger partial charge in [-0.3, -0.25) is 0 Å². The van der Waals surface area contributed by atoms with Gasteiger partial charge < -0.3 is 4.98 Å². The van der Waals surface area contributed by atoms with Gasteiger partial charge in [-0.25, -0.2) is 0 Å². The topological polar surface area (TPSA) is 41.6 Å². The summed E-state index contributed by atoms with van der Waals surface area (Å²) in [5, 5.41) is 9.54. The van der Waals surface area contributed by atoms with Crippen molar-refractivity contribution in [1.29, 1.82) is 0 Å². The van der Waals surface area contributed by atoms with Crippen LogP contribution >= 0.6 is 0 Å². The molecule has 0 fully saturated rings. The minimum Gasteiger partial charge on any atom is -0.344 e. The summed E-state index contributed by atoms with van der Waals surface area (Å²) in [6.07, 6.45) is 1.96. The number of aryl methyl sites for hydroxylation is 1. The van der Waals surface area contributed by atoms with E-state index in [2.05, 4.69) is 48.9 Å². The lowest BCUT2D eigenvalue weighted by atomic mass is 9.91. The molecular weight excluding hydrogens is 174 g/mol. The highest BCUT2D eigenvalue weighted by Crippen LogP contribution is 2.23. The highest BCUT2D eigenvalue weighted by Gasteiger charge is 2.17. The quantitative estimate of drug-likeness (QED) is 0.692. The largest absolute Gasteiger partial charge is 0.344 e. The van der Waals surface area contributed by atoms with E-state index in [-0.39, 0.29) is 5.41 Å². The molecule has 1 N–H and O–H groups in total. The van der Waals surface area contributed by atoms with E-state index in [9.17, 15) is 0 Å². The molecule has 3 nitrogen and oxygen atoms in total. The molecule has 0 aliphatic rings. The Morgan fingerprint density at radius 2 is 1.93 bits per heavy atom. The van der Waals surface area contributed by atoms with E-state index in [1.54, 1.807) is 0 Å². The second kappa shape index (κ2) is 2.80. The molecule has 2 rings (SSSR count). The number of nitrogens with one attached hydrogen (secondary N) is 1. The van der Waals surface area contributed by atoms with Crippen LogP contribution in [0.1, 0.15) is 32.0 Å². The molecule has 0 saturated heterocycles. The minimum absolute atomic E-state index is 0.0604. The molecule has 3 heteroatoms. The Morgan fingerprint density at radius 3 is 2.57 bits per heavy atom. The molecule has 0 radical (unpaired) electrons. The van der Waals surface area contributed by atoms with E-state index in [1.165, 1.54) is 10.9 Å². The lowest BCUT2D eigenvalue weighted by Crippen LogP contribution is -2.14. The van der Waals surface area contributed by atoms with Crippen molar-refractivity contribution in [3.05, 3.63) is 23.5 Å². The molecular formula is C11H15N3. The highest BCUT2D eigenvalue weighted by atomic mass is 15.1. The molecule has 0 aromatic carbocycles. The molecule has 2 aromatic heterocycles. The first kappa shape index (κ1) is 9.19. The molecule has 0 aliphatic heterocycles. The maximum atomic E-state index is 4.21. The zero-order chi connectivity index (χ0) is 10.3. The minimum atomic E-state index is 0.0604. The van der Waals surface area contributed by atoms with Gasteiger partial charge in [0.05, 0.1) is 5.69 Å². The van der Waals surface area contributed by atoms with E-state index >= 15 is 0 Å². The smallest absolute Gasteiger partial charge is 0.160 e. The third-order valence-corrected chi connectivity index (χ3v) is 2.41. The van der Waals surface area contributed by atoms with Crippen LogP contribution in [0.3, 0.4) is 0 Å². The summed E-state index contributed by atoms with van der Waals surface area (Å²) >= 11 is 0. The molecule has 0 saturated carbocycles. The summed E-state index contributed by atoms with van der Waals surface area (Å²) in [7, 11) is 0. The van der Waals surface area contributed by atoms with Gasteiger partial charge in [-0.05, 0) is 18.6 Å². The van der Waals surface area contributed by atoms with Gasteiger partial charge in [0.1, 0.15) is 0 Å². The Kier molecular flexibility index (Phi) is 1.84. The van der Waals surface area contributed by atoms with E-state index in [1.807, 2.05) is 6.20 Å².